The summed E-state index contributed by atoms with van der Waals surface area (Å²) in [6.07, 6.45) is 1.38. The van der Waals surface area contributed by atoms with Gasteiger partial charge in [-0.1, -0.05) is 12.1 Å². The second-order valence-electron chi connectivity index (χ2n) is 6.56. The number of halogens is 1. The summed E-state index contributed by atoms with van der Waals surface area (Å²) >= 11 is 3.20. The molecule has 0 spiro atoms. The summed E-state index contributed by atoms with van der Waals surface area (Å²) in [6.45, 7) is 0. The Morgan fingerprint density at radius 3 is 2.48 bits per heavy atom. The number of nitrogens with zero attached hydrogens (tertiary/aromatic N) is 2. The fraction of sp³-hybridized carbons (Fsp3) is 0.0455. The van der Waals surface area contributed by atoms with Crippen LogP contribution in [0.1, 0.15) is 26.3 Å². The number of nitro groups is 1. The van der Waals surface area contributed by atoms with Crippen molar-refractivity contribution >= 4 is 45.3 Å². The largest absolute Gasteiger partial charge is 0.503 e. The molecular formula is C22H17BrN4O6. The van der Waals surface area contributed by atoms with Gasteiger partial charge in [0, 0.05) is 17.3 Å². The Balaban J connectivity index is 1.64. The van der Waals surface area contributed by atoms with Gasteiger partial charge < -0.3 is 15.2 Å². The lowest BCUT2D eigenvalue weighted by molar-refractivity contribution is -0.385. The van der Waals surface area contributed by atoms with Crippen LogP contribution in [0.25, 0.3) is 0 Å². The number of rotatable bonds is 7. The molecule has 0 saturated carbocycles. The highest BCUT2D eigenvalue weighted by Gasteiger charge is 2.19. The number of hydrogen-bond donors (Lipinski definition) is 3. The van der Waals surface area contributed by atoms with Gasteiger partial charge in [-0.2, -0.15) is 5.10 Å². The van der Waals surface area contributed by atoms with Crippen LogP contribution in [0.2, 0.25) is 0 Å². The van der Waals surface area contributed by atoms with Crippen LogP contribution in [-0.2, 0) is 0 Å². The number of phenols is 1. The van der Waals surface area contributed by atoms with Gasteiger partial charge in [0.15, 0.2) is 11.5 Å². The predicted octanol–water partition coefficient (Wildman–Crippen LogP) is 4.09. The minimum absolute atomic E-state index is 0.0484. The minimum Gasteiger partial charge on any atom is -0.503 e. The van der Waals surface area contributed by atoms with Crippen LogP contribution in [0.5, 0.6) is 11.5 Å². The lowest BCUT2D eigenvalue weighted by Gasteiger charge is -2.07. The quantitative estimate of drug-likeness (QED) is 0.247. The third-order valence-electron chi connectivity index (χ3n) is 4.40. The van der Waals surface area contributed by atoms with Crippen LogP contribution in [0.15, 0.2) is 70.2 Å². The maximum absolute atomic E-state index is 12.4. The van der Waals surface area contributed by atoms with Crippen molar-refractivity contribution in [1.29, 1.82) is 0 Å². The minimum atomic E-state index is -0.639. The molecule has 0 aliphatic heterocycles. The van der Waals surface area contributed by atoms with E-state index in [1.165, 1.54) is 61.9 Å². The summed E-state index contributed by atoms with van der Waals surface area (Å²) in [5.41, 5.74) is 3.21. The van der Waals surface area contributed by atoms with E-state index in [1.54, 1.807) is 12.1 Å². The molecule has 0 fully saturated rings. The SMILES string of the molecule is COc1cc(C=NNC(=O)c2ccc(NC(=O)c3ccccc3[N+](=O)[O-])cc2)cc(Br)c1O. The van der Waals surface area contributed by atoms with Crippen molar-refractivity contribution in [2.24, 2.45) is 5.10 Å². The Bertz CT molecular complexity index is 1240. The van der Waals surface area contributed by atoms with Gasteiger partial charge in [0.05, 0.1) is 22.7 Å². The average Bonchev–Trinajstić information content (AvgIpc) is 2.81. The first-order chi connectivity index (χ1) is 15.8. The maximum Gasteiger partial charge on any atom is 0.282 e. The number of methoxy groups -OCH3 is 1. The molecular weight excluding hydrogens is 496 g/mol. The molecule has 3 aromatic rings. The van der Waals surface area contributed by atoms with Gasteiger partial charge in [-0.25, -0.2) is 5.43 Å². The van der Waals surface area contributed by atoms with Crippen LogP contribution in [0, 0.1) is 10.1 Å². The third kappa shape index (κ3) is 5.71. The number of para-hydroxylation sites is 1. The van der Waals surface area contributed by atoms with E-state index in [9.17, 15) is 24.8 Å². The smallest absolute Gasteiger partial charge is 0.282 e. The van der Waals surface area contributed by atoms with Crippen molar-refractivity contribution in [3.63, 3.8) is 0 Å². The number of aromatic hydroxyl groups is 1. The molecule has 3 aromatic carbocycles. The van der Waals surface area contributed by atoms with Crippen molar-refractivity contribution < 1.29 is 24.4 Å². The zero-order chi connectivity index (χ0) is 24.0. The van der Waals surface area contributed by atoms with Gasteiger partial charge in [0.2, 0.25) is 0 Å². The van der Waals surface area contributed by atoms with Crippen molar-refractivity contribution in [3.8, 4) is 11.5 Å². The van der Waals surface area contributed by atoms with E-state index in [4.69, 9.17) is 4.74 Å². The monoisotopic (exact) mass is 512 g/mol. The summed E-state index contributed by atoms with van der Waals surface area (Å²) in [5, 5.41) is 27.4. The fourth-order valence-electron chi connectivity index (χ4n) is 2.78. The number of nitrogens with one attached hydrogen (secondary N) is 2. The molecule has 10 nitrogen and oxygen atoms in total. The molecule has 2 amide bonds. The van der Waals surface area contributed by atoms with Crippen molar-refractivity contribution in [1.82, 2.24) is 5.43 Å². The Morgan fingerprint density at radius 1 is 1.12 bits per heavy atom. The molecule has 33 heavy (non-hydrogen) atoms. The Morgan fingerprint density at radius 2 is 1.82 bits per heavy atom. The molecule has 0 radical (unpaired) electrons. The maximum atomic E-state index is 12.4. The Hall–Kier alpha value is -4.25. The van der Waals surface area contributed by atoms with Gasteiger partial charge in [0.1, 0.15) is 5.56 Å². The molecule has 168 valence electrons. The molecule has 0 aliphatic carbocycles. The topological polar surface area (TPSA) is 143 Å². The summed E-state index contributed by atoms with van der Waals surface area (Å²) < 4.78 is 5.47. The van der Waals surface area contributed by atoms with Crippen LogP contribution in [0.3, 0.4) is 0 Å². The Labute approximate surface area is 196 Å². The van der Waals surface area contributed by atoms with Gasteiger partial charge in [-0.15, -0.1) is 0 Å². The van der Waals surface area contributed by atoms with Crippen molar-refractivity contribution in [3.05, 3.63) is 91.9 Å². The van der Waals surface area contributed by atoms with Crippen LogP contribution < -0.4 is 15.5 Å². The predicted molar refractivity (Wildman–Crippen MR) is 125 cm³/mol. The standard InChI is InChI=1S/C22H17BrN4O6/c1-33-19-11-13(10-17(23)20(19)28)12-24-26-21(29)14-6-8-15(9-7-14)25-22(30)16-4-2-3-5-18(16)27(31)32/h2-12,28H,1H3,(H,25,30)(H,26,29). The number of hydrazone groups is 1. The van der Waals surface area contributed by atoms with Crippen molar-refractivity contribution in [2.75, 3.05) is 12.4 Å². The number of benzene rings is 3. The highest BCUT2D eigenvalue weighted by molar-refractivity contribution is 9.10. The number of carbonyl (C=O) groups is 2. The first-order valence-corrected chi connectivity index (χ1v) is 10.1. The Kier molecular flexibility index (Phi) is 7.36. The second-order valence-corrected chi connectivity index (χ2v) is 7.41. The normalized spacial score (nSPS) is 10.6. The van der Waals surface area contributed by atoms with E-state index in [0.717, 1.165) is 0 Å². The van der Waals surface area contributed by atoms with E-state index in [1.807, 2.05) is 0 Å². The van der Waals surface area contributed by atoms with Gasteiger partial charge in [-0.05, 0) is 64.0 Å². The van der Waals surface area contributed by atoms with Gasteiger partial charge >= 0.3 is 0 Å². The first-order valence-electron chi connectivity index (χ1n) is 9.35. The number of phenolic OH excluding ortho intramolecular Hbond substituents is 1. The van der Waals surface area contributed by atoms with E-state index >= 15 is 0 Å². The zero-order valence-electron chi connectivity index (χ0n) is 17.1. The van der Waals surface area contributed by atoms with Crippen LogP contribution in [0.4, 0.5) is 11.4 Å². The first kappa shape index (κ1) is 23.4. The number of amides is 2. The highest BCUT2D eigenvalue weighted by Crippen LogP contribution is 2.34. The van der Waals surface area contributed by atoms with Gasteiger partial charge in [-0.3, -0.25) is 19.7 Å². The van der Waals surface area contributed by atoms with E-state index < -0.39 is 16.7 Å². The van der Waals surface area contributed by atoms with E-state index in [0.29, 0.717) is 15.7 Å². The number of ether oxygens (including phenoxy) is 1. The van der Waals surface area contributed by atoms with E-state index in [2.05, 4.69) is 31.8 Å². The number of carbonyl (C=O) groups excluding carboxylic acids is 2. The molecule has 0 aliphatic rings. The van der Waals surface area contributed by atoms with Crippen LogP contribution >= 0.6 is 15.9 Å². The fourth-order valence-corrected chi connectivity index (χ4v) is 3.24. The van der Waals surface area contributed by atoms with Crippen molar-refractivity contribution in [2.45, 2.75) is 0 Å². The molecule has 0 aromatic heterocycles. The zero-order valence-corrected chi connectivity index (χ0v) is 18.7. The summed E-state index contributed by atoms with van der Waals surface area (Å²) in [6, 6.07) is 14.7. The number of hydrogen-bond acceptors (Lipinski definition) is 7. The second kappa shape index (κ2) is 10.4. The molecule has 3 N–H and O–H groups in total. The summed E-state index contributed by atoms with van der Waals surface area (Å²) in [4.78, 5) is 35.1. The molecule has 0 saturated heterocycles. The lowest BCUT2D eigenvalue weighted by atomic mass is 10.1. The summed E-state index contributed by atoms with van der Waals surface area (Å²) in [7, 11) is 1.41. The average molecular weight is 513 g/mol. The number of nitro benzene ring substituents is 1. The summed E-state index contributed by atoms with van der Waals surface area (Å²) in [5.74, 6) is -0.935. The molecule has 3 rings (SSSR count). The van der Waals surface area contributed by atoms with Gasteiger partial charge in [0.25, 0.3) is 17.5 Å². The molecule has 0 atom stereocenters. The molecule has 0 bridgehead atoms. The highest BCUT2D eigenvalue weighted by atomic mass is 79.9. The number of anilines is 1. The lowest BCUT2D eigenvalue weighted by Crippen LogP contribution is -2.18. The molecule has 11 heteroatoms. The van der Waals surface area contributed by atoms with Crippen LogP contribution in [-0.4, -0.2) is 35.2 Å². The third-order valence-corrected chi connectivity index (χ3v) is 5.01. The molecule has 0 heterocycles. The molecule has 0 unspecified atom stereocenters. The van der Waals surface area contributed by atoms with E-state index in [-0.39, 0.29) is 28.3 Å².